The van der Waals surface area contributed by atoms with Gasteiger partial charge in [-0.15, -0.1) is 23.3 Å². The van der Waals surface area contributed by atoms with Crippen molar-refractivity contribution in [2.45, 2.75) is 32.6 Å². The van der Waals surface area contributed by atoms with Crippen LogP contribution in [0, 0.1) is 26.8 Å². The third-order valence-corrected chi connectivity index (χ3v) is 6.72. The van der Waals surface area contributed by atoms with Crippen LogP contribution in [0.5, 0.6) is 0 Å². The molecule has 4 aromatic carbocycles. The quantitative estimate of drug-likeness (QED) is 0.165. The number of hydrogen-bond donors (Lipinski definition) is 0. The van der Waals surface area contributed by atoms with Gasteiger partial charge in [0, 0.05) is 5.41 Å². The maximum Gasteiger partial charge on any atom is 4.00 e. The molecule has 5 rings (SSSR count). The zero-order chi connectivity index (χ0) is 22.8. The fourth-order valence-electron chi connectivity index (χ4n) is 5.30. The Morgan fingerprint density at radius 1 is 0.568 bits per heavy atom. The summed E-state index contributed by atoms with van der Waals surface area (Å²) < 4.78 is 0. The van der Waals surface area contributed by atoms with Crippen LogP contribution in [0.1, 0.15) is 45.4 Å². The Labute approximate surface area is 255 Å². The summed E-state index contributed by atoms with van der Waals surface area (Å²) in [5, 5.41) is 0. The molecule has 0 spiro atoms. The van der Waals surface area contributed by atoms with Crippen LogP contribution in [0.2, 0.25) is 0 Å². The number of aryl methyl sites for hydroxylation is 3. The van der Waals surface area contributed by atoms with Gasteiger partial charge in [0.1, 0.15) is 0 Å². The summed E-state index contributed by atoms with van der Waals surface area (Å²) in [5.41, 5.74) is 11.1. The molecule has 0 bridgehead atoms. The van der Waals surface area contributed by atoms with Gasteiger partial charge in [0.05, 0.1) is 0 Å². The van der Waals surface area contributed by atoms with Crippen molar-refractivity contribution >= 4 is 5.57 Å². The minimum atomic E-state index is -0.408. The summed E-state index contributed by atoms with van der Waals surface area (Å²) in [6.45, 7) is 6.56. The van der Waals surface area contributed by atoms with E-state index in [1.165, 1.54) is 50.1 Å². The molecule has 1 aliphatic carbocycles. The number of benzene rings is 4. The fraction of sp³-hybridized carbons (Fsp3) is 0.152. The van der Waals surface area contributed by atoms with Gasteiger partial charge in [0.2, 0.25) is 0 Å². The van der Waals surface area contributed by atoms with E-state index in [9.17, 15) is 0 Å². The first-order valence-corrected chi connectivity index (χ1v) is 11.7. The molecule has 0 unspecified atom stereocenters. The van der Waals surface area contributed by atoms with Crippen LogP contribution < -0.4 is 37.2 Å². The summed E-state index contributed by atoms with van der Waals surface area (Å²) in [7, 11) is 0. The second-order valence-corrected chi connectivity index (χ2v) is 9.13. The van der Waals surface area contributed by atoms with Gasteiger partial charge in [0.25, 0.3) is 0 Å². The average molecular weight is 580 g/mol. The molecular weight excluding hydrogens is 551 g/mol. The Balaban J connectivity index is 0.00000171. The molecule has 0 saturated carbocycles. The predicted octanol–water partition coefficient (Wildman–Crippen LogP) is -0.827. The van der Waals surface area contributed by atoms with Crippen LogP contribution >= 0.6 is 0 Å². The van der Waals surface area contributed by atoms with Gasteiger partial charge in [-0.25, -0.2) is 0 Å². The van der Waals surface area contributed by atoms with Crippen molar-refractivity contribution in [2.75, 3.05) is 0 Å². The summed E-state index contributed by atoms with van der Waals surface area (Å²) in [4.78, 5) is 0. The van der Waals surface area contributed by atoms with Crippen LogP contribution in [0.4, 0.5) is 0 Å². The van der Waals surface area contributed by atoms with Gasteiger partial charge < -0.3 is 37.2 Å². The Morgan fingerprint density at radius 2 is 1.00 bits per heavy atom. The first-order valence-electron chi connectivity index (χ1n) is 11.7. The molecular formula is C33H29Cl3Ti. The summed E-state index contributed by atoms with van der Waals surface area (Å²) >= 11 is 0. The van der Waals surface area contributed by atoms with Crippen LogP contribution in [0.25, 0.3) is 5.57 Å². The maximum absolute atomic E-state index is 3.64. The third-order valence-electron chi connectivity index (χ3n) is 6.72. The molecule has 4 aromatic rings. The van der Waals surface area contributed by atoms with Crippen LogP contribution in [-0.4, -0.2) is 0 Å². The molecule has 0 heterocycles. The van der Waals surface area contributed by atoms with E-state index in [0.717, 1.165) is 6.42 Å². The van der Waals surface area contributed by atoms with E-state index in [-0.39, 0.29) is 58.9 Å². The molecule has 1 aliphatic rings. The van der Waals surface area contributed by atoms with Crippen molar-refractivity contribution in [1.29, 1.82) is 0 Å². The smallest absolute Gasteiger partial charge is 1.00 e. The second kappa shape index (κ2) is 14.2. The van der Waals surface area contributed by atoms with Gasteiger partial charge in [-0.2, -0.15) is 17.7 Å². The zero-order valence-corrected chi connectivity index (χ0v) is 25.1. The van der Waals surface area contributed by atoms with Crippen LogP contribution in [0.15, 0.2) is 115 Å². The minimum Gasteiger partial charge on any atom is -1.00 e. The topological polar surface area (TPSA) is 0 Å². The van der Waals surface area contributed by atoms with Crippen LogP contribution in [-0.2, 0) is 27.1 Å². The van der Waals surface area contributed by atoms with Gasteiger partial charge in [0.15, 0.2) is 0 Å². The largest absolute Gasteiger partial charge is 4.00 e. The Hall–Kier alpha value is -2.06. The molecule has 0 aromatic heterocycles. The van der Waals surface area contributed by atoms with E-state index in [0.29, 0.717) is 0 Å². The Kier molecular flexibility index (Phi) is 12.7. The number of rotatable bonds is 5. The Bertz CT molecular complexity index is 1260. The summed E-state index contributed by atoms with van der Waals surface area (Å²) in [6.07, 6.45) is 6.71. The fourth-order valence-corrected chi connectivity index (χ4v) is 5.30. The van der Waals surface area contributed by atoms with E-state index in [1.54, 1.807) is 0 Å². The molecule has 186 valence electrons. The van der Waals surface area contributed by atoms with Crippen molar-refractivity contribution in [2.24, 2.45) is 0 Å². The molecule has 0 N–H and O–H groups in total. The third kappa shape index (κ3) is 6.33. The second-order valence-electron chi connectivity index (χ2n) is 9.13. The van der Waals surface area contributed by atoms with Gasteiger partial charge >= 0.3 is 21.7 Å². The molecule has 37 heavy (non-hydrogen) atoms. The molecule has 0 nitrogen and oxygen atoms in total. The number of halogens is 3. The molecule has 0 aliphatic heterocycles. The van der Waals surface area contributed by atoms with Crippen molar-refractivity contribution in [1.82, 2.24) is 0 Å². The Morgan fingerprint density at radius 3 is 1.41 bits per heavy atom. The van der Waals surface area contributed by atoms with Crippen molar-refractivity contribution in [3.8, 4) is 0 Å². The average Bonchev–Trinajstić information content (AvgIpc) is 3.31. The van der Waals surface area contributed by atoms with Crippen molar-refractivity contribution < 1.29 is 58.9 Å². The van der Waals surface area contributed by atoms with Gasteiger partial charge in [-0.3, -0.25) is 0 Å². The van der Waals surface area contributed by atoms with E-state index >= 15 is 0 Å². The predicted molar refractivity (Wildman–Crippen MR) is 139 cm³/mol. The number of hydrogen-bond acceptors (Lipinski definition) is 0. The summed E-state index contributed by atoms with van der Waals surface area (Å²) in [5.74, 6) is 0. The van der Waals surface area contributed by atoms with Crippen LogP contribution in [0.3, 0.4) is 0 Å². The van der Waals surface area contributed by atoms with E-state index in [2.05, 4.69) is 136 Å². The minimum absolute atomic E-state index is 0. The van der Waals surface area contributed by atoms with E-state index in [4.69, 9.17) is 0 Å². The standard InChI is InChI=1S/C33H29.3ClH.Ti/c1-24-11-7-16-28(21-24)33(29-17-8-12-25(2)22-29,30-18-9-13-26(3)23-30)32-20-10-19-31(32)27-14-5-4-6-15-27;;;;/h4-18,21-23H,20H2,1-3H3;3*1H;/q-1;;;;+4/p-3. The molecule has 0 saturated heterocycles. The molecule has 0 radical (unpaired) electrons. The van der Waals surface area contributed by atoms with E-state index < -0.39 is 5.41 Å². The molecule has 0 amide bonds. The SMILES string of the molecule is Cc1cccc(C(C2=C(c3ccccc3)[C-]=CC2)(c2cccc(C)c2)c2cccc(C)c2)c1.[Cl-].[Cl-].[Cl-].[Ti+4]. The van der Waals surface area contributed by atoms with Gasteiger partial charge in [-0.1, -0.05) is 114 Å². The molecule has 0 fully saturated rings. The first-order chi connectivity index (χ1) is 16.1. The molecule has 4 heteroatoms. The zero-order valence-electron chi connectivity index (χ0n) is 21.2. The van der Waals surface area contributed by atoms with E-state index in [1.807, 2.05) is 0 Å². The van der Waals surface area contributed by atoms with Gasteiger partial charge in [-0.05, 0) is 37.5 Å². The number of allylic oxidation sites excluding steroid dienone is 4. The maximum atomic E-state index is 3.64. The molecule has 0 atom stereocenters. The van der Waals surface area contributed by atoms with Crippen molar-refractivity contribution in [3.63, 3.8) is 0 Å². The monoisotopic (exact) mass is 578 g/mol. The first kappa shape index (κ1) is 33.0. The normalized spacial score (nSPS) is 12.1. The van der Waals surface area contributed by atoms with Crippen molar-refractivity contribution in [3.05, 3.63) is 160 Å². The summed E-state index contributed by atoms with van der Waals surface area (Å²) in [6, 6.07) is 37.8.